The van der Waals surface area contributed by atoms with E-state index >= 15 is 0 Å². The molecule has 2 rings (SSSR count). The predicted octanol–water partition coefficient (Wildman–Crippen LogP) is 2.23. The Morgan fingerprint density at radius 2 is 1.91 bits per heavy atom. The summed E-state index contributed by atoms with van der Waals surface area (Å²) >= 11 is 0. The number of nitrogens with zero attached hydrogens (tertiary/aromatic N) is 2. The highest BCUT2D eigenvalue weighted by molar-refractivity contribution is 5.96. The molecule has 0 fully saturated rings. The van der Waals surface area contributed by atoms with Crippen LogP contribution in [-0.2, 0) is 0 Å². The van der Waals surface area contributed by atoms with Crippen molar-refractivity contribution < 1.29 is 13.6 Å². The second kappa shape index (κ2) is 7.52. The van der Waals surface area contributed by atoms with Crippen molar-refractivity contribution in [2.24, 2.45) is 5.73 Å². The topological polar surface area (TPSA) is 72.9 Å². The van der Waals surface area contributed by atoms with Gasteiger partial charge in [0.2, 0.25) is 0 Å². The molecular weight excluding hydrogens is 326 g/mol. The van der Waals surface area contributed by atoms with Gasteiger partial charge in [-0.3, -0.25) is 4.79 Å². The Hall–Kier alpha value is -1.99. The zero-order valence-corrected chi connectivity index (χ0v) is 13.7. The van der Waals surface area contributed by atoms with Crippen LogP contribution in [0, 0.1) is 13.8 Å². The molecule has 0 aliphatic rings. The van der Waals surface area contributed by atoms with E-state index in [1.807, 2.05) is 30.3 Å². The number of hydrogen-bond donors (Lipinski definition) is 2. The summed E-state index contributed by atoms with van der Waals surface area (Å²) in [6.07, 6.45) is 0. The lowest BCUT2D eigenvalue weighted by molar-refractivity contribution is 0.0118. The van der Waals surface area contributed by atoms with Crippen LogP contribution >= 0.6 is 12.4 Å². The fourth-order valence-corrected chi connectivity index (χ4v) is 2.16. The van der Waals surface area contributed by atoms with Gasteiger partial charge in [0, 0.05) is 0 Å². The molecule has 5 nitrogen and oxygen atoms in total. The molecule has 1 aromatic heterocycles. The average molecular weight is 345 g/mol. The van der Waals surface area contributed by atoms with Gasteiger partial charge in [-0.2, -0.15) is 5.10 Å². The minimum atomic E-state index is -3.12. The maximum Gasteiger partial charge on any atom is 0.277 e. The van der Waals surface area contributed by atoms with Crippen LogP contribution in [0.3, 0.4) is 0 Å². The lowest BCUT2D eigenvalue weighted by Crippen LogP contribution is -2.41. The van der Waals surface area contributed by atoms with Crippen molar-refractivity contribution in [1.29, 1.82) is 0 Å². The Balaban J connectivity index is 0.00000264. The molecule has 0 saturated carbocycles. The Morgan fingerprint density at radius 1 is 1.30 bits per heavy atom. The van der Waals surface area contributed by atoms with Gasteiger partial charge in [0.05, 0.1) is 35.7 Å². The third kappa shape index (κ3) is 4.27. The SMILES string of the molecule is Cc1nn(-c2ccccc2)c(C)c1C(=O)NCC(F)(F)CN.Cl. The highest BCUT2D eigenvalue weighted by atomic mass is 35.5. The largest absolute Gasteiger partial charge is 0.346 e. The van der Waals surface area contributed by atoms with E-state index in [4.69, 9.17) is 5.73 Å². The van der Waals surface area contributed by atoms with Gasteiger partial charge in [-0.05, 0) is 26.0 Å². The number of rotatable bonds is 5. The molecule has 0 unspecified atom stereocenters. The summed E-state index contributed by atoms with van der Waals surface area (Å²) in [5.74, 6) is -3.70. The standard InChI is InChI=1S/C15H18F2N4O.ClH/c1-10-13(14(22)19-9-15(16,17)8-18)11(2)21(20-10)12-6-4-3-5-7-12;/h3-7H,8-9,18H2,1-2H3,(H,19,22);1H. The van der Waals surface area contributed by atoms with Crippen molar-refractivity contribution in [2.45, 2.75) is 19.8 Å². The van der Waals surface area contributed by atoms with Crippen molar-refractivity contribution in [2.75, 3.05) is 13.1 Å². The van der Waals surface area contributed by atoms with Crippen LogP contribution in [0.5, 0.6) is 0 Å². The molecule has 1 amide bonds. The van der Waals surface area contributed by atoms with Crippen LogP contribution in [0.4, 0.5) is 8.78 Å². The molecule has 1 heterocycles. The van der Waals surface area contributed by atoms with Crippen LogP contribution < -0.4 is 11.1 Å². The van der Waals surface area contributed by atoms with Crippen molar-refractivity contribution in [3.05, 3.63) is 47.3 Å². The van der Waals surface area contributed by atoms with E-state index in [0.29, 0.717) is 17.0 Å². The van der Waals surface area contributed by atoms with E-state index in [-0.39, 0.29) is 12.4 Å². The summed E-state index contributed by atoms with van der Waals surface area (Å²) < 4.78 is 27.9. The quantitative estimate of drug-likeness (QED) is 0.873. The average Bonchev–Trinajstić information content (AvgIpc) is 2.81. The van der Waals surface area contributed by atoms with Crippen molar-refractivity contribution in [3.63, 3.8) is 0 Å². The van der Waals surface area contributed by atoms with Gasteiger partial charge in [0.1, 0.15) is 0 Å². The normalized spacial score (nSPS) is 11.0. The first-order valence-corrected chi connectivity index (χ1v) is 6.83. The minimum Gasteiger partial charge on any atom is -0.346 e. The maximum atomic E-state index is 13.1. The van der Waals surface area contributed by atoms with E-state index in [1.54, 1.807) is 18.5 Å². The number of halogens is 3. The number of nitrogens with one attached hydrogen (secondary N) is 1. The third-order valence-corrected chi connectivity index (χ3v) is 3.33. The number of benzene rings is 1. The van der Waals surface area contributed by atoms with E-state index < -0.39 is 24.9 Å². The summed E-state index contributed by atoms with van der Waals surface area (Å²) in [6, 6.07) is 9.28. The van der Waals surface area contributed by atoms with Gasteiger partial charge < -0.3 is 11.1 Å². The van der Waals surface area contributed by atoms with Crippen LogP contribution in [-0.4, -0.2) is 34.7 Å². The number of aromatic nitrogens is 2. The number of nitrogens with two attached hydrogens (primary N) is 1. The van der Waals surface area contributed by atoms with E-state index in [1.165, 1.54) is 0 Å². The van der Waals surface area contributed by atoms with Crippen LogP contribution in [0.25, 0.3) is 5.69 Å². The summed E-state index contributed by atoms with van der Waals surface area (Å²) in [7, 11) is 0. The molecule has 8 heteroatoms. The van der Waals surface area contributed by atoms with Gasteiger partial charge in [-0.25, -0.2) is 13.5 Å². The first kappa shape index (κ1) is 19.1. The number of carbonyl (C=O) groups excluding carboxylic acids is 1. The smallest absolute Gasteiger partial charge is 0.277 e. The van der Waals surface area contributed by atoms with Crippen LogP contribution in [0.15, 0.2) is 30.3 Å². The molecule has 1 aromatic carbocycles. The molecule has 0 radical (unpaired) electrons. The minimum absolute atomic E-state index is 0. The zero-order valence-electron chi connectivity index (χ0n) is 12.8. The summed E-state index contributed by atoms with van der Waals surface area (Å²) in [4.78, 5) is 12.2. The second-order valence-corrected chi connectivity index (χ2v) is 5.04. The van der Waals surface area contributed by atoms with E-state index in [0.717, 1.165) is 5.69 Å². The third-order valence-electron chi connectivity index (χ3n) is 3.33. The van der Waals surface area contributed by atoms with Crippen molar-refractivity contribution >= 4 is 18.3 Å². The fourth-order valence-electron chi connectivity index (χ4n) is 2.16. The highest BCUT2D eigenvalue weighted by Crippen LogP contribution is 2.18. The second-order valence-electron chi connectivity index (χ2n) is 5.04. The summed E-state index contributed by atoms with van der Waals surface area (Å²) in [5.41, 5.74) is 7.13. The van der Waals surface area contributed by atoms with Crippen molar-refractivity contribution in [1.82, 2.24) is 15.1 Å². The van der Waals surface area contributed by atoms with Gasteiger partial charge in [0.25, 0.3) is 11.8 Å². The number of para-hydroxylation sites is 1. The van der Waals surface area contributed by atoms with Gasteiger partial charge in [-0.15, -0.1) is 12.4 Å². The molecule has 126 valence electrons. The Kier molecular flexibility index (Phi) is 6.23. The fraction of sp³-hybridized carbons (Fsp3) is 0.333. The highest BCUT2D eigenvalue weighted by Gasteiger charge is 2.28. The number of carbonyl (C=O) groups is 1. The first-order valence-electron chi connectivity index (χ1n) is 6.83. The Bertz CT molecular complexity index is 674. The summed E-state index contributed by atoms with van der Waals surface area (Å²) in [6.45, 7) is 1.79. The molecule has 0 aliphatic heterocycles. The molecule has 0 saturated heterocycles. The Morgan fingerprint density at radius 3 is 2.48 bits per heavy atom. The lowest BCUT2D eigenvalue weighted by Gasteiger charge is -2.14. The maximum absolute atomic E-state index is 13.1. The molecule has 2 aromatic rings. The van der Waals surface area contributed by atoms with Crippen molar-refractivity contribution in [3.8, 4) is 5.69 Å². The monoisotopic (exact) mass is 344 g/mol. The zero-order chi connectivity index (χ0) is 16.3. The van der Waals surface area contributed by atoms with Crippen LogP contribution in [0.2, 0.25) is 0 Å². The number of alkyl halides is 2. The molecule has 0 bridgehead atoms. The molecule has 23 heavy (non-hydrogen) atoms. The number of amides is 1. The van der Waals surface area contributed by atoms with Gasteiger partial charge in [0.15, 0.2) is 0 Å². The molecular formula is C15H19ClF2N4O. The predicted molar refractivity (Wildman–Crippen MR) is 86.6 cm³/mol. The first-order chi connectivity index (χ1) is 10.4. The summed E-state index contributed by atoms with van der Waals surface area (Å²) in [5, 5.41) is 6.52. The van der Waals surface area contributed by atoms with E-state index in [9.17, 15) is 13.6 Å². The number of aryl methyl sites for hydroxylation is 1. The van der Waals surface area contributed by atoms with Crippen LogP contribution in [0.1, 0.15) is 21.7 Å². The molecule has 0 spiro atoms. The molecule has 0 aliphatic carbocycles. The van der Waals surface area contributed by atoms with Gasteiger partial charge in [-0.1, -0.05) is 18.2 Å². The Labute approximate surface area is 139 Å². The van der Waals surface area contributed by atoms with E-state index in [2.05, 4.69) is 10.4 Å². The molecule has 0 atom stereocenters. The number of hydrogen-bond acceptors (Lipinski definition) is 3. The van der Waals surface area contributed by atoms with Gasteiger partial charge >= 0.3 is 0 Å². The molecule has 3 N–H and O–H groups in total. The lowest BCUT2D eigenvalue weighted by atomic mass is 10.1.